The third-order valence-electron chi connectivity index (χ3n) is 3.57. The molecular formula is C13H23NO3S. The fourth-order valence-corrected chi connectivity index (χ4v) is 2.99. The molecule has 1 amide bonds. The number of rotatable bonds is 8. The van der Waals surface area contributed by atoms with Crippen molar-refractivity contribution in [3.8, 4) is 0 Å². The molecule has 0 radical (unpaired) electrons. The molecule has 1 fully saturated rings. The van der Waals surface area contributed by atoms with Crippen LogP contribution in [0, 0.1) is 5.41 Å². The second-order valence-corrected chi connectivity index (χ2v) is 6.46. The number of carbonyl (C=O) groups is 2. The molecule has 0 saturated heterocycles. The Balaban J connectivity index is 2.30. The monoisotopic (exact) mass is 273 g/mol. The number of carboxylic acids is 1. The molecule has 0 aromatic heterocycles. The van der Waals surface area contributed by atoms with E-state index < -0.39 is 11.4 Å². The summed E-state index contributed by atoms with van der Waals surface area (Å²) in [4.78, 5) is 23.0. The molecule has 1 saturated carbocycles. The van der Waals surface area contributed by atoms with Gasteiger partial charge in [0.05, 0.1) is 5.41 Å². The van der Waals surface area contributed by atoms with Gasteiger partial charge in [-0.3, -0.25) is 9.59 Å². The van der Waals surface area contributed by atoms with Crippen molar-refractivity contribution in [1.29, 1.82) is 0 Å². The molecule has 0 bridgehead atoms. The quantitative estimate of drug-likeness (QED) is 0.666. The van der Waals surface area contributed by atoms with Crippen molar-refractivity contribution in [2.45, 2.75) is 52.0 Å². The van der Waals surface area contributed by atoms with Gasteiger partial charge in [0.2, 0.25) is 5.91 Å². The van der Waals surface area contributed by atoms with Crippen LogP contribution in [0.5, 0.6) is 0 Å². The summed E-state index contributed by atoms with van der Waals surface area (Å²) in [5.74, 6) is 1.18. The topological polar surface area (TPSA) is 66.4 Å². The average Bonchev–Trinajstić information content (AvgIpc) is 2.23. The molecule has 5 heteroatoms. The number of hydrogen-bond acceptors (Lipinski definition) is 3. The van der Waals surface area contributed by atoms with Crippen LogP contribution in [0.3, 0.4) is 0 Å². The third kappa shape index (κ3) is 4.19. The minimum absolute atomic E-state index is 0.119. The molecule has 1 aliphatic rings. The highest BCUT2D eigenvalue weighted by molar-refractivity contribution is 7.99. The molecular weight excluding hydrogens is 250 g/mol. The normalized spacial score (nSPS) is 18.8. The van der Waals surface area contributed by atoms with E-state index in [0.29, 0.717) is 12.8 Å². The highest BCUT2D eigenvalue weighted by Gasteiger charge is 2.45. The van der Waals surface area contributed by atoms with E-state index in [1.165, 1.54) is 0 Å². The number of hydrogen-bond donors (Lipinski definition) is 2. The number of carboxylic acid groups (broad SMARTS) is 1. The second-order valence-electron chi connectivity index (χ2n) is 5.07. The molecule has 0 spiro atoms. The lowest BCUT2D eigenvalue weighted by Gasteiger charge is -2.37. The van der Waals surface area contributed by atoms with Gasteiger partial charge in [0.1, 0.15) is 0 Å². The van der Waals surface area contributed by atoms with Crippen LogP contribution in [0.4, 0.5) is 0 Å². The molecule has 2 N–H and O–H groups in total. The maximum absolute atomic E-state index is 11.8. The SMILES string of the molecule is CCSCCC(C)NC(=O)CC1(C(=O)O)CCC1. The van der Waals surface area contributed by atoms with E-state index in [4.69, 9.17) is 5.11 Å². The van der Waals surface area contributed by atoms with Crippen molar-refractivity contribution in [2.75, 3.05) is 11.5 Å². The molecule has 1 unspecified atom stereocenters. The van der Waals surface area contributed by atoms with Crippen LogP contribution in [0.2, 0.25) is 0 Å². The maximum atomic E-state index is 11.8. The number of aliphatic carboxylic acids is 1. The Morgan fingerprint density at radius 3 is 2.56 bits per heavy atom. The van der Waals surface area contributed by atoms with Gasteiger partial charge in [0, 0.05) is 12.5 Å². The van der Waals surface area contributed by atoms with E-state index in [2.05, 4.69) is 12.2 Å². The molecule has 1 atom stereocenters. The zero-order chi connectivity index (χ0) is 13.6. The standard InChI is InChI=1S/C13H23NO3S/c1-3-18-8-5-10(2)14-11(15)9-13(12(16)17)6-4-7-13/h10H,3-9H2,1-2H3,(H,14,15)(H,16,17). The van der Waals surface area contributed by atoms with Crippen molar-refractivity contribution in [1.82, 2.24) is 5.32 Å². The Kier molecular flexibility index (Phi) is 5.99. The largest absolute Gasteiger partial charge is 0.481 e. The lowest BCUT2D eigenvalue weighted by Crippen LogP contribution is -2.44. The first kappa shape index (κ1) is 15.3. The summed E-state index contributed by atoms with van der Waals surface area (Å²) >= 11 is 1.85. The van der Waals surface area contributed by atoms with Crippen LogP contribution >= 0.6 is 11.8 Å². The lowest BCUT2D eigenvalue weighted by atomic mass is 9.66. The van der Waals surface area contributed by atoms with Gasteiger partial charge in [0.25, 0.3) is 0 Å². The molecule has 0 aromatic rings. The second kappa shape index (κ2) is 7.02. The van der Waals surface area contributed by atoms with Gasteiger partial charge in [-0.15, -0.1) is 0 Å². The molecule has 1 aliphatic carbocycles. The predicted molar refractivity (Wildman–Crippen MR) is 73.8 cm³/mol. The van der Waals surface area contributed by atoms with Crippen molar-refractivity contribution >= 4 is 23.6 Å². The molecule has 4 nitrogen and oxygen atoms in total. The summed E-state index contributed by atoms with van der Waals surface area (Å²) in [6.45, 7) is 4.09. The summed E-state index contributed by atoms with van der Waals surface area (Å²) in [5.41, 5.74) is -0.776. The van der Waals surface area contributed by atoms with Crippen LogP contribution < -0.4 is 5.32 Å². The van der Waals surface area contributed by atoms with Gasteiger partial charge in [-0.1, -0.05) is 13.3 Å². The summed E-state index contributed by atoms with van der Waals surface area (Å²) in [6, 6.07) is 0.127. The Morgan fingerprint density at radius 2 is 2.11 bits per heavy atom. The summed E-state index contributed by atoms with van der Waals surface area (Å²) in [6.07, 6.45) is 3.26. The van der Waals surface area contributed by atoms with Crippen LogP contribution in [0.25, 0.3) is 0 Å². The minimum atomic E-state index is -0.821. The fourth-order valence-electron chi connectivity index (χ4n) is 2.18. The summed E-state index contributed by atoms with van der Waals surface area (Å²) in [5, 5.41) is 12.1. The van der Waals surface area contributed by atoms with E-state index in [0.717, 1.165) is 24.3 Å². The Morgan fingerprint density at radius 1 is 1.44 bits per heavy atom. The number of thioether (sulfide) groups is 1. The number of nitrogens with one attached hydrogen (secondary N) is 1. The lowest BCUT2D eigenvalue weighted by molar-refractivity contribution is -0.157. The maximum Gasteiger partial charge on any atom is 0.310 e. The summed E-state index contributed by atoms with van der Waals surface area (Å²) in [7, 11) is 0. The average molecular weight is 273 g/mol. The molecule has 0 aliphatic heterocycles. The number of carbonyl (C=O) groups excluding carboxylic acids is 1. The highest BCUT2D eigenvalue weighted by Crippen LogP contribution is 2.44. The van der Waals surface area contributed by atoms with Gasteiger partial charge in [-0.2, -0.15) is 11.8 Å². The van der Waals surface area contributed by atoms with E-state index in [-0.39, 0.29) is 18.4 Å². The first-order valence-electron chi connectivity index (χ1n) is 6.60. The van der Waals surface area contributed by atoms with Crippen LogP contribution in [0.15, 0.2) is 0 Å². The van der Waals surface area contributed by atoms with Gasteiger partial charge in [0.15, 0.2) is 0 Å². The Hall–Kier alpha value is -0.710. The first-order valence-corrected chi connectivity index (χ1v) is 7.76. The molecule has 0 aromatic carbocycles. The summed E-state index contributed by atoms with van der Waals surface area (Å²) < 4.78 is 0. The van der Waals surface area contributed by atoms with Crippen LogP contribution in [-0.2, 0) is 9.59 Å². The Labute approximate surface area is 113 Å². The van der Waals surface area contributed by atoms with Gasteiger partial charge in [-0.05, 0) is 37.7 Å². The first-order chi connectivity index (χ1) is 8.50. The minimum Gasteiger partial charge on any atom is -0.481 e. The molecule has 0 heterocycles. The van der Waals surface area contributed by atoms with Gasteiger partial charge in [-0.25, -0.2) is 0 Å². The zero-order valence-electron chi connectivity index (χ0n) is 11.2. The van der Waals surface area contributed by atoms with E-state index in [1.807, 2.05) is 18.7 Å². The van der Waals surface area contributed by atoms with Crippen LogP contribution in [0.1, 0.15) is 46.0 Å². The van der Waals surface area contributed by atoms with E-state index in [9.17, 15) is 9.59 Å². The van der Waals surface area contributed by atoms with Crippen molar-refractivity contribution in [3.05, 3.63) is 0 Å². The molecule has 1 rings (SSSR count). The van der Waals surface area contributed by atoms with E-state index in [1.54, 1.807) is 0 Å². The molecule has 18 heavy (non-hydrogen) atoms. The number of amides is 1. The third-order valence-corrected chi connectivity index (χ3v) is 4.50. The fraction of sp³-hybridized carbons (Fsp3) is 0.846. The van der Waals surface area contributed by atoms with Crippen molar-refractivity contribution in [2.24, 2.45) is 5.41 Å². The van der Waals surface area contributed by atoms with Crippen LogP contribution in [-0.4, -0.2) is 34.5 Å². The molecule has 104 valence electrons. The van der Waals surface area contributed by atoms with Gasteiger partial charge >= 0.3 is 5.97 Å². The van der Waals surface area contributed by atoms with Gasteiger partial charge < -0.3 is 10.4 Å². The van der Waals surface area contributed by atoms with E-state index >= 15 is 0 Å². The highest BCUT2D eigenvalue weighted by atomic mass is 32.2. The van der Waals surface area contributed by atoms with Crippen molar-refractivity contribution in [3.63, 3.8) is 0 Å². The van der Waals surface area contributed by atoms with Crippen molar-refractivity contribution < 1.29 is 14.7 Å². The Bertz CT molecular complexity index is 303. The smallest absolute Gasteiger partial charge is 0.310 e. The zero-order valence-corrected chi connectivity index (χ0v) is 12.0. The predicted octanol–water partition coefficient (Wildman–Crippen LogP) is 2.28.